The van der Waals surface area contributed by atoms with Crippen molar-refractivity contribution in [3.63, 3.8) is 0 Å². The predicted octanol–water partition coefficient (Wildman–Crippen LogP) is 2.90. The minimum Gasteiger partial charge on any atom is -0.373 e. The second-order valence-corrected chi connectivity index (χ2v) is 4.97. The summed E-state index contributed by atoms with van der Waals surface area (Å²) in [4.78, 5) is 2.29. The van der Waals surface area contributed by atoms with Crippen LogP contribution in [0.4, 0.5) is 5.69 Å². The molecule has 90 valence electrons. The number of para-hydroxylation sites is 1. The van der Waals surface area contributed by atoms with Crippen LogP contribution in [0.1, 0.15) is 24.9 Å². The number of hydrogen-bond donors (Lipinski definition) is 1. The van der Waals surface area contributed by atoms with E-state index in [9.17, 15) is 0 Å². The molecule has 0 aliphatic heterocycles. The van der Waals surface area contributed by atoms with Crippen LogP contribution in [0.3, 0.4) is 0 Å². The van der Waals surface area contributed by atoms with Gasteiger partial charge in [-0.15, -0.1) is 0 Å². The molecule has 0 aliphatic carbocycles. The fourth-order valence-corrected chi connectivity index (χ4v) is 2.17. The van der Waals surface area contributed by atoms with Crippen molar-refractivity contribution in [3.8, 4) is 0 Å². The minimum atomic E-state index is 0.146. The average Bonchev–Trinajstić information content (AvgIpc) is 2.35. The normalized spacial score (nSPS) is 12.5. The zero-order valence-electron chi connectivity index (χ0n) is 10.4. The molecule has 0 heterocycles. The van der Waals surface area contributed by atoms with E-state index in [4.69, 9.17) is 5.73 Å². The standard InChI is InChI=1S/C13H22N2S/c1-4-12(14)11-7-5-6-8-13(11)15(2)9-10-16-3/h5-8,12H,4,9-10,14H2,1-3H3/t12-/m1/s1. The van der Waals surface area contributed by atoms with Crippen molar-refractivity contribution < 1.29 is 0 Å². The van der Waals surface area contributed by atoms with Crippen molar-refractivity contribution in [1.82, 2.24) is 0 Å². The van der Waals surface area contributed by atoms with Crippen LogP contribution in [0.25, 0.3) is 0 Å². The van der Waals surface area contributed by atoms with Crippen LogP contribution in [0.15, 0.2) is 24.3 Å². The maximum Gasteiger partial charge on any atom is 0.0412 e. The third kappa shape index (κ3) is 3.42. The fraction of sp³-hybridized carbons (Fsp3) is 0.538. The first-order valence-corrected chi connectivity index (χ1v) is 7.14. The molecule has 2 N–H and O–H groups in total. The zero-order valence-corrected chi connectivity index (χ0v) is 11.3. The van der Waals surface area contributed by atoms with E-state index in [1.807, 2.05) is 11.8 Å². The van der Waals surface area contributed by atoms with Gasteiger partial charge in [0.05, 0.1) is 0 Å². The van der Waals surface area contributed by atoms with E-state index in [0.717, 1.165) is 18.7 Å². The molecule has 1 aromatic rings. The number of anilines is 1. The van der Waals surface area contributed by atoms with Gasteiger partial charge in [-0.3, -0.25) is 0 Å². The van der Waals surface area contributed by atoms with Crippen LogP contribution in [0.5, 0.6) is 0 Å². The highest BCUT2D eigenvalue weighted by Crippen LogP contribution is 2.25. The zero-order chi connectivity index (χ0) is 12.0. The van der Waals surface area contributed by atoms with Crippen molar-refractivity contribution in [1.29, 1.82) is 0 Å². The van der Waals surface area contributed by atoms with Gasteiger partial charge in [-0.2, -0.15) is 11.8 Å². The van der Waals surface area contributed by atoms with Crippen molar-refractivity contribution in [2.24, 2.45) is 5.73 Å². The summed E-state index contributed by atoms with van der Waals surface area (Å²) in [6.07, 6.45) is 3.12. The van der Waals surface area contributed by atoms with Gasteiger partial charge in [0.1, 0.15) is 0 Å². The van der Waals surface area contributed by atoms with Crippen molar-refractivity contribution in [3.05, 3.63) is 29.8 Å². The van der Waals surface area contributed by atoms with Crippen LogP contribution in [-0.2, 0) is 0 Å². The summed E-state index contributed by atoms with van der Waals surface area (Å²) in [6, 6.07) is 8.59. The van der Waals surface area contributed by atoms with E-state index in [1.165, 1.54) is 11.3 Å². The Kier molecular flexibility index (Phi) is 5.71. The molecular formula is C13H22N2S. The Hall–Kier alpha value is -0.670. The van der Waals surface area contributed by atoms with Gasteiger partial charge < -0.3 is 10.6 Å². The lowest BCUT2D eigenvalue weighted by molar-refractivity contribution is 0.695. The highest BCUT2D eigenvalue weighted by Gasteiger charge is 2.11. The second kappa shape index (κ2) is 6.81. The Labute approximate surface area is 103 Å². The molecular weight excluding hydrogens is 216 g/mol. The van der Waals surface area contributed by atoms with Crippen LogP contribution >= 0.6 is 11.8 Å². The molecule has 2 nitrogen and oxygen atoms in total. The third-order valence-corrected chi connectivity index (χ3v) is 3.41. The topological polar surface area (TPSA) is 29.3 Å². The molecule has 0 saturated carbocycles. The van der Waals surface area contributed by atoms with Crippen LogP contribution < -0.4 is 10.6 Å². The van der Waals surface area contributed by atoms with Gasteiger partial charge in [-0.05, 0) is 24.3 Å². The van der Waals surface area contributed by atoms with Gasteiger partial charge in [0.2, 0.25) is 0 Å². The summed E-state index contributed by atoms with van der Waals surface area (Å²) >= 11 is 1.87. The molecule has 0 saturated heterocycles. The van der Waals surface area contributed by atoms with Gasteiger partial charge >= 0.3 is 0 Å². The monoisotopic (exact) mass is 238 g/mol. The summed E-state index contributed by atoms with van der Waals surface area (Å²) in [5.41, 5.74) is 8.66. The molecule has 0 aromatic heterocycles. The van der Waals surface area contributed by atoms with E-state index in [1.54, 1.807) is 0 Å². The quantitative estimate of drug-likeness (QED) is 0.826. The Bertz CT molecular complexity index is 315. The van der Waals surface area contributed by atoms with Gasteiger partial charge in [0.25, 0.3) is 0 Å². The number of benzene rings is 1. The van der Waals surface area contributed by atoms with Crippen LogP contribution in [-0.4, -0.2) is 25.6 Å². The summed E-state index contributed by atoms with van der Waals surface area (Å²) < 4.78 is 0. The first-order valence-electron chi connectivity index (χ1n) is 5.75. The first-order chi connectivity index (χ1) is 7.70. The van der Waals surface area contributed by atoms with E-state index >= 15 is 0 Å². The Morgan fingerprint density at radius 2 is 2.06 bits per heavy atom. The number of nitrogens with zero attached hydrogens (tertiary/aromatic N) is 1. The molecule has 0 radical (unpaired) electrons. The summed E-state index contributed by atoms with van der Waals surface area (Å²) in [6.45, 7) is 3.19. The van der Waals surface area contributed by atoms with Gasteiger partial charge in [0.15, 0.2) is 0 Å². The van der Waals surface area contributed by atoms with E-state index in [-0.39, 0.29) is 6.04 Å². The number of hydrogen-bond acceptors (Lipinski definition) is 3. The lowest BCUT2D eigenvalue weighted by Gasteiger charge is -2.24. The molecule has 0 fully saturated rings. The third-order valence-electron chi connectivity index (χ3n) is 2.82. The van der Waals surface area contributed by atoms with E-state index in [0.29, 0.717) is 0 Å². The molecule has 1 atom stereocenters. The summed E-state index contributed by atoms with van der Waals surface area (Å²) in [7, 11) is 2.14. The number of nitrogens with two attached hydrogens (primary N) is 1. The van der Waals surface area contributed by atoms with E-state index < -0.39 is 0 Å². The second-order valence-electron chi connectivity index (χ2n) is 3.99. The average molecular weight is 238 g/mol. The first kappa shape index (κ1) is 13.4. The molecule has 3 heteroatoms. The van der Waals surface area contributed by atoms with Crippen molar-refractivity contribution in [2.45, 2.75) is 19.4 Å². The lowest BCUT2D eigenvalue weighted by Crippen LogP contribution is -2.23. The molecule has 0 bridgehead atoms. The number of rotatable bonds is 6. The number of thioether (sulfide) groups is 1. The Balaban J connectivity index is 2.85. The molecule has 1 rings (SSSR count). The maximum absolute atomic E-state index is 6.13. The van der Waals surface area contributed by atoms with Gasteiger partial charge in [-0.1, -0.05) is 25.1 Å². The Morgan fingerprint density at radius 3 is 2.69 bits per heavy atom. The highest BCUT2D eigenvalue weighted by atomic mass is 32.2. The van der Waals surface area contributed by atoms with Crippen molar-refractivity contribution >= 4 is 17.4 Å². The highest BCUT2D eigenvalue weighted by molar-refractivity contribution is 7.98. The largest absolute Gasteiger partial charge is 0.373 e. The molecule has 0 aliphatic rings. The smallest absolute Gasteiger partial charge is 0.0412 e. The molecule has 0 amide bonds. The fourth-order valence-electron chi connectivity index (χ4n) is 1.72. The SMILES string of the molecule is CC[C@@H](N)c1ccccc1N(C)CCSC. The predicted molar refractivity (Wildman–Crippen MR) is 75.3 cm³/mol. The summed E-state index contributed by atoms with van der Waals surface area (Å²) in [5.74, 6) is 1.15. The minimum absolute atomic E-state index is 0.146. The van der Waals surface area contributed by atoms with Crippen LogP contribution in [0.2, 0.25) is 0 Å². The molecule has 16 heavy (non-hydrogen) atoms. The molecule has 1 aromatic carbocycles. The lowest BCUT2D eigenvalue weighted by atomic mass is 10.0. The van der Waals surface area contributed by atoms with Gasteiger partial charge in [-0.25, -0.2) is 0 Å². The Morgan fingerprint density at radius 1 is 1.38 bits per heavy atom. The van der Waals surface area contributed by atoms with E-state index in [2.05, 4.69) is 49.4 Å². The summed E-state index contributed by atoms with van der Waals surface area (Å²) in [5, 5.41) is 0. The maximum atomic E-state index is 6.13. The molecule has 0 spiro atoms. The van der Waals surface area contributed by atoms with Crippen molar-refractivity contribution in [2.75, 3.05) is 30.5 Å². The molecule has 0 unspecified atom stereocenters. The van der Waals surface area contributed by atoms with Crippen LogP contribution in [0, 0.1) is 0 Å². The van der Waals surface area contributed by atoms with Gasteiger partial charge in [0, 0.05) is 31.1 Å².